The predicted octanol–water partition coefficient (Wildman–Crippen LogP) is 2.87. The summed E-state index contributed by atoms with van der Waals surface area (Å²) >= 11 is 0. The molecule has 1 heterocycles. The lowest BCUT2D eigenvalue weighted by Crippen LogP contribution is -2.30. The third kappa shape index (κ3) is 4.52. The van der Waals surface area contributed by atoms with Crippen LogP contribution in [0.2, 0.25) is 0 Å². The SMILES string of the molecule is CNCc1ccoc1CN(C)C(C)CC(C)C. The molecule has 98 valence electrons. The predicted molar refractivity (Wildman–Crippen MR) is 71.9 cm³/mol. The normalized spacial score (nSPS) is 13.6. The third-order valence-electron chi connectivity index (χ3n) is 3.16. The molecule has 0 aliphatic carbocycles. The van der Waals surface area contributed by atoms with E-state index in [4.69, 9.17) is 4.42 Å². The summed E-state index contributed by atoms with van der Waals surface area (Å²) in [5.41, 5.74) is 1.26. The Morgan fingerprint density at radius 2 is 2.06 bits per heavy atom. The Labute approximate surface area is 105 Å². The molecule has 1 unspecified atom stereocenters. The minimum atomic E-state index is 0.586. The Bertz CT molecular complexity index is 320. The zero-order chi connectivity index (χ0) is 12.8. The second-order valence-corrected chi connectivity index (χ2v) is 5.29. The van der Waals surface area contributed by atoms with Crippen LogP contribution in [0.1, 0.15) is 38.5 Å². The van der Waals surface area contributed by atoms with Crippen molar-refractivity contribution in [1.82, 2.24) is 10.2 Å². The van der Waals surface area contributed by atoms with E-state index in [0.29, 0.717) is 6.04 Å². The lowest BCUT2D eigenvalue weighted by molar-refractivity contribution is 0.204. The van der Waals surface area contributed by atoms with Gasteiger partial charge in [-0.3, -0.25) is 4.90 Å². The van der Waals surface area contributed by atoms with Crippen molar-refractivity contribution in [3.05, 3.63) is 23.7 Å². The molecule has 3 heteroatoms. The Hall–Kier alpha value is -0.800. The molecule has 0 aliphatic heterocycles. The van der Waals surface area contributed by atoms with Gasteiger partial charge in [0.1, 0.15) is 5.76 Å². The first-order chi connectivity index (χ1) is 8.04. The zero-order valence-corrected chi connectivity index (χ0v) is 11.8. The van der Waals surface area contributed by atoms with Gasteiger partial charge in [-0.2, -0.15) is 0 Å². The van der Waals surface area contributed by atoms with Crippen LogP contribution >= 0.6 is 0 Å². The maximum Gasteiger partial charge on any atom is 0.122 e. The van der Waals surface area contributed by atoms with Crippen LogP contribution in [0.15, 0.2) is 16.7 Å². The fourth-order valence-corrected chi connectivity index (χ4v) is 2.10. The highest BCUT2D eigenvalue weighted by Gasteiger charge is 2.14. The first-order valence-corrected chi connectivity index (χ1v) is 6.44. The van der Waals surface area contributed by atoms with Crippen LogP contribution in [0.4, 0.5) is 0 Å². The summed E-state index contributed by atoms with van der Waals surface area (Å²) in [5, 5.41) is 3.17. The zero-order valence-electron chi connectivity index (χ0n) is 11.8. The molecule has 17 heavy (non-hydrogen) atoms. The number of rotatable bonds is 7. The van der Waals surface area contributed by atoms with Crippen molar-refractivity contribution >= 4 is 0 Å². The van der Waals surface area contributed by atoms with Crippen LogP contribution < -0.4 is 5.32 Å². The van der Waals surface area contributed by atoms with Crippen LogP contribution in [-0.4, -0.2) is 25.0 Å². The summed E-state index contributed by atoms with van der Waals surface area (Å²) in [7, 11) is 4.13. The highest BCUT2D eigenvalue weighted by atomic mass is 16.3. The fraction of sp³-hybridized carbons (Fsp3) is 0.714. The Morgan fingerprint density at radius 1 is 1.35 bits per heavy atom. The Kier molecular flexibility index (Phi) is 5.72. The fourth-order valence-electron chi connectivity index (χ4n) is 2.10. The van der Waals surface area contributed by atoms with E-state index in [1.807, 2.05) is 13.1 Å². The van der Waals surface area contributed by atoms with Gasteiger partial charge in [-0.25, -0.2) is 0 Å². The van der Waals surface area contributed by atoms with E-state index in [-0.39, 0.29) is 0 Å². The molecule has 3 nitrogen and oxygen atoms in total. The standard InChI is InChI=1S/C14H26N2O/c1-11(2)8-12(3)16(5)10-14-13(9-15-4)6-7-17-14/h6-7,11-12,15H,8-10H2,1-5H3. The molecule has 0 saturated heterocycles. The molecular weight excluding hydrogens is 212 g/mol. The molecule has 1 rings (SSSR count). The molecule has 0 spiro atoms. The molecule has 0 bridgehead atoms. The maximum atomic E-state index is 5.56. The van der Waals surface area contributed by atoms with Crippen LogP contribution in [-0.2, 0) is 13.1 Å². The van der Waals surface area contributed by atoms with Crippen molar-refractivity contribution in [3.8, 4) is 0 Å². The third-order valence-corrected chi connectivity index (χ3v) is 3.16. The molecule has 0 saturated carbocycles. The molecule has 1 aromatic heterocycles. The van der Waals surface area contributed by atoms with Gasteiger partial charge in [-0.15, -0.1) is 0 Å². The molecular formula is C14H26N2O. The van der Waals surface area contributed by atoms with Crippen molar-refractivity contribution < 1.29 is 4.42 Å². The first-order valence-electron chi connectivity index (χ1n) is 6.44. The lowest BCUT2D eigenvalue weighted by Gasteiger charge is -2.25. The Balaban J connectivity index is 2.54. The first kappa shape index (κ1) is 14.3. The van der Waals surface area contributed by atoms with Gasteiger partial charge in [0.25, 0.3) is 0 Å². The number of hydrogen-bond acceptors (Lipinski definition) is 3. The topological polar surface area (TPSA) is 28.4 Å². The average Bonchev–Trinajstić information content (AvgIpc) is 2.65. The van der Waals surface area contributed by atoms with E-state index in [2.05, 4.69) is 38.0 Å². The van der Waals surface area contributed by atoms with E-state index in [1.54, 1.807) is 6.26 Å². The van der Waals surface area contributed by atoms with Crippen molar-refractivity contribution in [2.45, 2.75) is 46.3 Å². The summed E-state index contributed by atoms with van der Waals surface area (Å²) in [5.74, 6) is 1.82. The van der Waals surface area contributed by atoms with E-state index >= 15 is 0 Å². The van der Waals surface area contributed by atoms with Gasteiger partial charge in [-0.05, 0) is 39.4 Å². The van der Waals surface area contributed by atoms with E-state index in [1.165, 1.54) is 12.0 Å². The van der Waals surface area contributed by atoms with Gasteiger partial charge >= 0.3 is 0 Å². The quantitative estimate of drug-likeness (QED) is 0.792. The van der Waals surface area contributed by atoms with Gasteiger partial charge in [-0.1, -0.05) is 13.8 Å². The van der Waals surface area contributed by atoms with Gasteiger partial charge in [0.05, 0.1) is 12.8 Å². The molecule has 0 aromatic carbocycles. The molecule has 1 atom stereocenters. The summed E-state index contributed by atoms with van der Waals surface area (Å²) in [4.78, 5) is 2.36. The molecule has 0 radical (unpaired) electrons. The minimum Gasteiger partial charge on any atom is -0.468 e. The van der Waals surface area contributed by atoms with Gasteiger partial charge in [0.15, 0.2) is 0 Å². The van der Waals surface area contributed by atoms with E-state index in [9.17, 15) is 0 Å². The highest BCUT2D eigenvalue weighted by Crippen LogP contribution is 2.16. The summed E-state index contributed by atoms with van der Waals surface area (Å²) < 4.78 is 5.56. The van der Waals surface area contributed by atoms with Crippen LogP contribution in [0.5, 0.6) is 0 Å². The summed E-state index contributed by atoms with van der Waals surface area (Å²) in [6.07, 6.45) is 3.00. The van der Waals surface area contributed by atoms with Gasteiger partial charge < -0.3 is 9.73 Å². The largest absolute Gasteiger partial charge is 0.468 e. The lowest BCUT2D eigenvalue weighted by atomic mass is 10.0. The van der Waals surface area contributed by atoms with Gasteiger partial charge in [0.2, 0.25) is 0 Å². The second kappa shape index (κ2) is 6.82. The van der Waals surface area contributed by atoms with E-state index < -0.39 is 0 Å². The Morgan fingerprint density at radius 3 is 2.65 bits per heavy atom. The van der Waals surface area contributed by atoms with Crippen molar-refractivity contribution in [2.75, 3.05) is 14.1 Å². The smallest absolute Gasteiger partial charge is 0.122 e. The number of nitrogens with zero attached hydrogens (tertiary/aromatic N) is 1. The number of hydrogen-bond donors (Lipinski definition) is 1. The van der Waals surface area contributed by atoms with Crippen LogP contribution in [0.25, 0.3) is 0 Å². The molecule has 1 N–H and O–H groups in total. The van der Waals surface area contributed by atoms with Gasteiger partial charge in [0, 0.05) is 18.2 Å². The summed E-state index contributed by atoms with van der Waals surface area (Å²) in [6.45, 7) is 8.57. The molecule has 0 amide bonds. The van der Waals surface area contributed by atoms with Crippen molar-refractivity contribution in [3.63, 3.8) is 0 Å². The number of nitrogens with one attached hydrogen (secondary N) is 1. The average molecular weight is 238 g/mol. The van der Waals surface area contributed by atoms with Crippen molar-refractivity contribution in [2.24, 2.45) is 5.92 Å². The maximum absolute atomic E-state index is 5.56. The molecule has 0 fully saturated rings. The minimum absolute atomic E-state index is 0.586. The van der Waals surface area contributed by atoms with Crippen LogP contribution in [0, 0.1) is 5.92 Å². The monoisotopic (exact) mass is 238 g/mol. The van der Waals surface area contributed by atoms with Crippen molar-refractivity contribution in [1.29, 1.82) is 0 Å². The second-order valence-electron chi connectivity index (χ2n) is 5.29. The summed E-state index contributed by atoms with van der Waals surface area (Å²) in [6, 6.07) is 2.63. The molecule has 0 aliphatic rings. The molecule has 1 aromatic rings. The van der Waals surface area contributed by atoms with E-state index in [0.717, 1.165) is 24.8 Å². The van der Waals surface area contributed by atoms with Crippen LogP contribution in [0.3, 0.4) is 0 Å². The highest BCUT2D eigenvalue weighted by molar-refractivity contribution is 5.16. The number of furan rings is 1.